The van der Waals surface area contributed by atoms with Crippen LogP contribution in [0, 0.1) is 5.82 Å². The van der Waals surface area contributed by atoms with E-state index in [-0.39, 0.29) is 23.3 Å². The van der Waals surface area contributed by atoms with Crippen molar-refractivity contribution in [2.75, 3.05) is 28.6 Å². The van der Waals surface area contributed by atoms with Gasteiger partial charge in [0, 0.05) is 31.0 Å². The Hall–Kier alpha value is -3.29. The molecule has 3 aromatic carbocycles. The fourth-order valence-electron chi connectivity index (χ4n) is 3.79. The fourth-order valence-corrected chi connectivity index (χ4v) is 4.14. The number of amides is 3. The highest BCUT2D eigenvalue weighted by atomic mass is 35.5. The van der Waals surface area contributed by atoms with Gasteiger partial charge in [0.15, 0.2) is 0 Å². The van der Waals surface area contributed by atoms with Crippen molar-refractivity contribution in [1.82, 2.24) is 5.32 Å². The molecule has 1 fully saturated rings. The summed E-state index contributed by atoms with van der Waals surface area (Å²) in [5.74, 6) is -0.615. The Bertz CT molecular complexity index is 1200. The van der Waals surface area contributed by atoms with E-state index in [2.05, 4.69) is 20.9 Å². The van der Waals surface area contributed by atoms with E-state index >= 15 is 0 Å². The van der Waals surface area contributed by atoms with Gasteiger partial charge in [0.05, 0.1) is 21.3 Å². The zero-order chi connectivity index (χ0) is 24.1. The first-order valence-electron chi connectivity index (χ1n) is 10.8. The van der Waals surface area contributed by atoms with Gasteiger partial charge < -0.3 is 20.9 Å². The van der Waals surface area contributed by atoms with Crippen LogP contribution in [0.15, 0.2) is 60.7 Å². The van der Waals surface area contributed by atoms with E-state index in [1.54, 1.807) is 42.5 Å². The number of rotatable bonds is 6. The quantitative estimate of drug-likeness (QED) is 0.371. The molecule has 3 N–H and O–H groups in total. The number of anilines is 3. The zero-order valence-electron chi connectivity index (χ0n) is 18.2. The number of hydrogen-bond acceptors (Lipinski definition) is 3. The highest BCUT2D eigenvalue weighted by molar-refractivity contribution is 6.44. The van der Waals surface area contributed by atoms with E-state index in [1.807, 2.05) is 6.07 Å². The molecule has 1 aliphatic rings. The molecule has 0 atom stereocenters. The van der Waals surface area contributed by atoms with Crippen molar-refractivity contribution in [3.05, 3.63) is 87.7 Å². The summed E-state index contributed by atoms with van der Waals surface area (Å²) >= 11 is 12.1. The van der Waals surface area contributed by atoms with Gasteiger partial charge >= 0.3 is 6.03 Å². The average Bonchev–Trinajstić information content (AvgIpc) is 3.36. The molecule has 0 radical (unpaired) electrons. The van der Waals surface area contributed by atoms with E-state index in [9.17, 15) is 14.0 Å². The molecule has 0 aromatic heterocycles. The number of benzene rings is 3. The summed E-state index contributed by atoms with van der Waals surface area (Å²) in [5, 5.41) is 8.85. The SMILES string of the molecule is O=C(Nc1ccc(N2CCCC2)c(C(=O)NCc2ccc(F)cc2)c1)Nc1cccc(Cl)c1Cl. The van der Waals surface area contributed by atoms with Crippen LogP contribution in [0.25, 0.3) is 0 Å². The number of nitrogens with zero attached hydrogens (tertiary/aromatic N) is 1. The first kappa shape index (κ1) is 23.9. The van der Waals surface area contributed by atoms with Gasteiger partial charge in [-0.1, -0.05) is 41.4 Å². The second kappa shape index (κ2) is 10.8. The Morgan fingerprint density at radius 3 is 2.41 bits per heavy atom. The Morgan fingerprint density at radius 2 is 1.68 bits per heavy atom. The second-order valence-electron chi connectivity index (χ2n) is 7.92. The average molecular weight is 501 g/mol. The van der Waals surface area contributed by atoms with Crippen LogP contribution < -0.4 is 20.9 Å². The molecule has 0 spiro atoms. The smallest absolute Gasteiger partial charge is 0.323 e. The van der Waals surface area contributed by atoms with Gasteiger partial charge in [0.1, 0.15) is 5.82 Å². The van der Waals surface area contributed by atoms with Crippen LogP contribution in [-0.4, -0.2) is 25.0 Å². The predicted octanol–water partition coefficient (Wildman–Crippen LogP) is 6.31. The van der Waals surface area contributed by atoms with Gasteiger partial charge in [-0.05, 0) is 60.9 Å². The van der Waals surface area contributed by atoms with Crippen molar-refractivity contribution in [2.24, 2.45) is 0 Å². The van der Waals surface area contributed by atoms with Crippen molar-refractivity contribution >= 4 is 52.2 Å². The summed E-state index contributed by atoms with van der Waals surface area (Å²) < 4.78 is 13.2. The molecule has 0 aliphatic carbocycles. The molecule has 9 heteroatoms. The molecule has 0 bridgehead atoms. The van der Waals surface area contributed by atoms with E-state index in [1.165, 1.54) is 12.1 Å². The molecule has 176 valence electrons. The van der Waals surface area contributed by atoms with Crippen LogP contribution >= 0.6 is 23.2 Å². The zero-order valence-corrected chi connectivity index (χ0v) is 19.7. The summed E-state index contributed by atoms with van der Waals surface area (Å²) in [6.45, 7) is 1.97. The van der Waals surface area contributed by atoms with Crippen LogP contribution in [-0.2, 0) is 6.54 Å². The maximum absolute atomic E-state index is 13.2. The summed E-state index contributed by atoms with van der Waals surface area (Å²) in [6.07, 6.45) is 2.11. The van der Waals surface area contributed by atoms with Crippen LogP contribution in [0.5, 0.6) is 0 Å². The van der Waals surface area contributed by atoms with Crippen LogP contribution in [0.2, 0.25) is 10.0 Å². The Kier molecular flexibility index (Phi) is 7.55. The molecular weight excluding hydrogens is 478 g/mol. The van der Waals surface area contributed by atoms with Crippen molar-refractivity contribution in [3.63, 3.8) is 0 Å². The molecule has 0 saturated carbocycles. The van der Waals surface area contributed by atoms with Crippen LogP contribution in [0.1, 0.15) is 28.8 Å². The molecular formula is C25H23Cl2FN4O2. The van der Waals surface area contributed by atoms with Crippen molar-refractivity contribution in [2.45, 2.75) is 19.4 Å². The minimum absolute atomic E-state index is 0.240. The van der Waals surface area contributed by atoms with Crippen molar-refractivity contribution in [1.29, 1.82) is 0 Å². The Morgan fingerprint density at radius 1 is 0.941 bits per heavy atom. The summed E-state index contributed by atoms with van der Waals surface area (Å²) in [5.41, 5.74) is 2.85. The summed E-state index contributed by atoms with van der Waals surface area (Å²) in [4.78, 5) is 27.8. The normalized spacial score (nSPS) is 13.0. The lowest BCUT2D eigenvalue weighted by Gasteiger charge is -2.22. The van der Waals surface area contributed by atoms with Gasteiger partial charge in [-0.15, -0.1) is 0 Å². The third-order valence-electron chi connectivity index (χ3n) is 5.51. The number of carbonyl (C=O) groups is 2. The third kappa shape index (κ3) is 5.79. The highest BCUT2D eigenvalue weighted by Gasteiger charge is 2.21. The standard InChI is InChI=1S/C25H23Cl2FN4O2/c26-20-4-3-5-21(23(20)27)31-25(34)30-18-10-11-22(32-12-1-2-13-32)19(14-18)24(33)29-15-16-6-8-17(28)9-7-16/h3-11,14H,1-2,12-13,15H2,(H,29,33)(H2,30,31,34). The number of nitrogens with one attached hydrogen (secondary N) is 3. The molecule has 3 aromatic rings. The van der Waals surface area contributed by atoms with Crippen molar-refractivity contribution in [3.8, 4) is 0 Å². The first-order valence-corrected chi connectivity index (χ1v) is 11.6. The molecule has 1 saturated heterocycles. The van der Waals surface area contributed by atoms with Gasteiger partial charge in [-0.3, -0.25) is 4.79 Å². The molecule has 0 unspecified atom stereocenters. The maximum Gasteiger partial charge on any atom is 0.323 e. The molecule has 4 rings (SSSR count). The van der Waals surface area contributed by atoms with E-state index in [0.29, 0.717) is 22.0 Å². The summed E-state index contributed by atoms with van der Waals surface area (Å²) in [7, 11) is 0. The molecule has 6 nitrogen and oxygen atoms in total. The van der Waals surface area contributed by atoms with E-state index < -0.39 is 6.03 Å². The maximum atomic E-state index is 13.2. The van der Waals surface area contributed by atoms with Crippen LogP contribution in [0.3, 0.4) is 0 Å². The fraction of sp³-hybridized carbons (Fsp3) is 0.200. The number of halogens is 3. The van der Waals surface area contributed by atoms with E-state index in [4.69, 9.17) is 23.2 Å². The molecule has 3 amide bonds. The first-order chi connectivity index (χ1) is 16.4. The molecule has 34 heavy (non-hydrogen) atoms. The lowest BCUT2D eigenvalue weighted by Crippen LogP contribution is -2.27. The predicted molar refractivity (Wildman–Crippen MR) is 135 cm³/mol. The Labute approximate surface area is 207 Å². The lowest BCUT2D eigenvalue weighted by atomic mass is 10.1. The number of carbonyl (C=O) groups excluding carboxylic acids is 2. The van der Waals surface area contributed by atoms with Gasteiger partial charge in [-0.2, -0.15) is 0 Å². The molecule has 1 aliphatic heterocycles. The topological polar surface area (TPSA) is 73.5 Å². The molecule has 1 heterocycles. The van der Waals surface area contributed by atoms with Gasteiger partial charge in [-0.25, -0.2) is 9.18 Å². The minimum Gasteiger partial charge on any atom is -0.371 e. The second-order valence-corrected chi connectivity index (χ2v) is 8.70. The number of hydrogen-bond donors (Lipinski definition) is 3. The van der Waals surface area contributed by atoms with Gasteiger partial charge in [0.25, 0.3) is 5.91 Å². The van der Waals surface area contributed by atoms with Gasteiger partial charge in [0.2, 0.25) is 0 Å². The minimum atomic E-state index is -0.518. The monoisotopic (exact) mass is 500 g/mol. The highest BCUT2D eigenvalue weighted by Crippen LogP contribution is 2.30. The Balaban J connectivity index is 1.51. The number of urea groups is 1. The van der Waals surface area contributed by atoms with Crippen molar-refractivity contribution < 1.29 is 14.0 Å². The van der Waals surface area contributed by atoms with E-state index in [0.717, 1.165) is 37.2 Å². The largest absolute Gasteiger partial charge is 0.371 e. The third-order valence-corrected chi connectivity index (χ3v) is 6.33. The summed E-state index contributed by atoms with van der Waals surface area (Å²) in [6, 6.07) is 15.6. The van der Waals surface area contributed by atoms with Crippen LogP contribution in [0.4, 0.5) is 26.2 Å². The lowest BCUT2D eigenvalue weighted by molar-refractivity contribution is 0.0951.